The van der Waals surface area contributed by atoms with Gasteiger partial charge in [0.15, 0.2) is 5.16 Å². The minimum atomic E-state index is 0.191. The molecule has 25 heavy (non-hydrogen) atoms. The van der Waals surface area contributed by atoms with Crippen LogP contribution in [0.1, 0.15) is 5.69 Å². The van der Waals surface area contributed by atoms with Gasteiger partial charge < -0.3 is 20.3 Å². The Morgan fingerprint density at radius 1 is 1.24 bits per heavy atom. The second-order valence-corrected chi connectivity index (χ2v) is 6.46. The smallest absolute Gasteiger partial charge is 0.229 e. The van der Waals surface area contributed by atoms with E-state index in [0.717, 1.165) is 34.7 Å². The quantitative estimate of drug-likeness (QED) is 0.438. The first-order chi connectivity index (χ1) is 12.1. The molecule has 0 aliphatic rings. The first-order valence-electron chi connectivity index (χ1n) is 7.72. The van der Waals surface area contributed by atoms with Crippen molar-refractivity contribution < 1.29 is 5.11 Å². The number of aromatic hydroxyl groups is 1. The van der Waals surface area contributed by atoms with Crippen LogP contribution in [0.15, 0.2) is 41.8 Å². The van der Waals surface area contributed by atoms with Crippen LogP contribution in [0.4, 0.5) is 17.5 Å². The monoisotopic (exact) mass is 357 g/mol. The van der Waals surface area contributed by atoms with Gasteiger partial charge in [-0.05, 0) is 19.1 Å². The standard InChI is InChI=1S/C16H19N7OS/c1-11-8-14(17-6-7-25-16-22-18-10-23(16)2)21-15(19-11)20-12-4-3-5-13(24)9-12/h3-5,8-10,24H,6-7H2,1-2H3,(H2,17,19,20,21). The third kappa shape index (κ3) is 4.83. The summed E-state index contributed by atoms with van der Waals surface area (Å²) in [4.78, 5) is 8.82. The molecule has 0 fully saturated rings. The molecule has 1 aromatic carbocycles. The van der Waals surface area contributed by atoms with E-state index in [-0.39, 0.29) is 5.75 Å². The number of anilines is 3. The first kappa shape index (κ1) is 17.0. The fourth-order valence-corrected chi connectivity index (χ4v) is 2.89. The molecule has 9 heteroatoms. The van der Waals surface area contributed by atoms with Crippen LogP contribution in [0.25, 0.3) is 0 Å². The maximum Gasteiger partial charge on any atom is 0.229 e. The Bertz CT molecular complexity index is 852. The summed E-state index contributed by atoms with van der Waals surface area (Å²) in [5, 5.41) is 24.7. The van der Waals surface area contributed by atoms with Gasteiger partial charge in [0.25, 0.3) is 0 Å². The Kier molecular flexibility index (Phi) is 5.34. The van der Waals surface area contributed by atoms with Gasteiger partial charge in [0.05, 0.1) is 0 Å². The largest absolute Gasteiger partial charge is 0.508 e. The Morgan fingerprint density at radius 2 is 2.12 bits per heavy atom. The van der Waals surface area contributed by atoms with Gasteiger partial charge >= 0.3 is 0 Å². The van der Waals surface area contributed by atoms with Crippen LogP contribution in [0.5, 0.6) is 5.75 Å². The van der Waals surface area contributed by atoms with Crippen LogP contribution in [0.2, 0.25) is 0 Å². The summed E-state index contributed by atoms with van der Waals surface area (Å²) in [5.41, 5.74) is 1.58. The van der Waals surface area contributed by atoms with E-state index < -0.39 is 0 Å². The number of hydrogen-bond acceptors (Lipinski definition) is 8. The van der Waals surface area contributed by atoms with Gasteiger partial charge in [-0.25, -0.2) is 4.98 Å². The van der Waals surface area contributed by atoms with E-state index in [0.29, 0.717) is 5.95 Å². The molecule has 130 valence electrons. The number of phenolic OH excluding ortho intramolecular Hbond substituents is 1. The fourth-order valence-electron chi connectivity index (χ4n) is 2.15. The molecule has 2 aromatic heterocycles. The number of nitrogens with zero attached hydrogens (tertiary/aromatic N) is 5. The van der Waals surface area contributed by atoms with Gasteiger partial charge in [-0.2, -0.15) is 4.98 Å². The number of thioether (sulfide) groups is 1. The van der Waals surface area contributed by atoms with Crippen molar-refractivity contribution >= 4 is 29.2 Å². The zero-order valence-corrected chi connectivity index (χ0v) is 14.8. The third-order valence-corrected chi connectivity index (χ3v) is 4.30. The highest BCUT2D eigenvalue weighted by atomic mass is 32.2. The molecule has 3 rings (SSSR count). The average molecular weight is 357 g/mol. The molecule has 0 bridgehead atoms. The lowest BCUT2D eigenvalue weighted by Crippen LogP contribution is -2.08. The Morgan fingerprint density at radius 3 is 2.88 bits per heavy atom. The van der Waals surface area contributed by atoms with Crippen molar-refractivity contribution in [1.29, 1.82) is 0 Å². The number of aryl methyl sites for hydroxylation is 2. The molecule has 2 heterocycles. The molecule has 3 N–H and O–H groups in total. The summed E-state index contributed by atoms with van der Waals surface area (Å²) in [6.07, 6.45) is 1.68. The summed E-state index contributed by atoms with van der Waals surface area (Å²) in [7, 11) is 1.92. The lowest BCUT2D eigenvalue weighted by Gasteiger charge is -2.10. The van der Waals surface area contributed by atoms with E-state index in [9.17, 15) is 5.11 Å². The van der Waals surface area contributed by atoms with E-state index in [4.69, 9.17) is 0 Å². The topological polar surface area (TPSA) is 101 Å². The van der Waals surface area contributed by atoms with Crippen molar-refractivity contribution in [3.63, 3.8) is 0 Å². The van der Waals surface area contributed by atoms with Gasteiger partial charge in [-0.15, -0.1) is 10.2 Å². The van der Waals surface area contributed by atoms with Crippen molar-refractivity contribution in [2.24, 2.45) is 7.05 Å². The van der Waals surface area contributed by atoms with E-state index >= 15 is 0 Å². The van der Waals surface area contributed by atoms with Crippen molar-refractivity contribution in [2.75, 3.05) is 22.9 Å². The molecule has 0 atom stereocenters. The Hall–Kier alpha value is -2.81. The maximum absolute atomic E-state index is 9.53. The van der Waals surface area contributed by atoms with Gasteiger partial charge in [0.1, 0.15) is 17.9 Å². The van der Waals surface area contributed by atoms with E-state index in [2.05, 4.69) is 30.8 Å². The molecule has 0 spiro atoms. The molecule has 0 aliphatic heterocycles. The van der Waals surface area contributed by atoms with Gasteiger partial charge in [-0.1, -0.05) is 17.8 Å². The third-order valence-electron chi connectivity index (χ3n) is 3.27. The highest BCUT2D eigenvalue weighted by Crippen LogP contribution is 2.20. The summed E-state index contributed by atoms with van der Waals surface area (Å²) >= 11 is 1.63. The molecule has 3 aromatic rings. The summed E-state index contributed by atoms with van der Waals surface area (Å²) in [5.74, 6) is 2.25. The zero-order chi connectivity index (χ0) is 17.6. The van der Waals surface area contributed by atoms with E-state index in [1.54, 1.807) is 36.3 Å². The Labute approximate surface area is 149 Å². The fraction of sp³-hybridized carbons (Fsp3) is 0.250. The van der Waals surface area contributed by atoms with Crippen LogP contribution < -0.4 is 10.6 Å². The average Bonchev–Trinajstić information content (AvgIpc) is 2.96. The minimum absolute atomic E-state index is 0.191. The van der Waals surface area contributed by atoms with Gasteiger partial charge in [0, 0.05) is 42.9 Å². The lowest BCUT2D eigenvalue weighted by molar-refractivity contribution is 0.475. The normalized spacial score (nSPS) is 10.6. The number of benzene rings is 1. The number of nitrogens with one attached hydrogen (secondary N) is 2. The molecule has 0 unspecified atom stereocenters. The van der Waals surface area contributed by atoms with Crippen molar-refractivity contribution in [1.82, 2.24) is 24.7 Å². The van der Waals surface area contributed by atoms with Crippen LogP contribution in [0.3, 0.4) is 0 Å². The zero-order valence-electron chi connectivity index (χ0n) is 14.0. The molecule has 0 radical (unpaired) electrons. The SMILES string of the molecule is Cc1cc(NCCSc2nncn2C)nc(Nc2cccc(O)c2)n1. The second kappa shape index (κ2) is 7.84. The van der Waals surface area contributed by atoms with Crippen LogP contribution >= 0.6 is 11.8 Å². The van der Waals surface area contributed by atoms with Crippen LogP contribution in [0, 0.1) is 6.92 Å². The minimum Gasteiger partial charge on any atom is -0.508 e. The van der Waals surface area contributed by atoms with Crippen LogP contribution in [-0.2, 0) is 7.05 Å². The highest BCUT2D eigenvalue weighted by molar-refractivity contribution is 7.99. The number of aromatic nitrogens is 5. The molecular formula is C16H19N7OS. The van der Waals surface area contributed by atoms with E-state index in [1.807, 2.05) is 30.7 Å². The van der Waals surface area contributed by atoms with Crippen molar-refractivity contribution in [3.05, 3.63) is 42.4 Å². The van der Waals surface area contributed by atoms with Crippen molar-refractivity contribution in [2.45, 2.75) is 12.1 Å². The number of rotatable bonds is 7. The summed E-state index contributed by atoms with van der Waals surface area (Å²) in [6.45, 7) is 2.65. The molecular weight excluding hydrogens is 338 g/mol. The van der Waals surface area contributed by atoms with Gasteiger partial charge in [-0.3, -0.25) is 0 Å². The predicted molar refractivity (Wildman–Crippen MR) is 98.4 cm³/mol. The molecule has 8 nitrogen and oxygen atoms in total. The highest BCUT2D eigenvalue weighted by Gasteiger charge is 2.05. The predicted octanol–water partition coefficient (Wildman–Crippen LogP) is 2.57. The second-order valence-electron chi connectivity index (χ2n) is 5.39. The number of phenols is 1. The molecule has 0 amide bonds. The lowest BCUT2D eigenvalue weighted by atomic mass is 10.3. The van der Waals surface area contributed by atoms with Crippen molar-refractivity contribution in [3.8, 4) is 5.75 Å². The first-order valence-corrected chi connectivity index (χ1v) is 8.71. The summed E-state index contributed by atoms with van der Waals surface area (Å²) in [6, 6.07) is 8.73. The summed E-state index contributed by atoms with van der Waals surface area (Å²) < 4.78 is 1.89. The van der Waals surface area contributed by atoms with E-state index in [1.165, 1.54) is 0 Å². The molecule has 0 saturated heterocycles. The van der Waals surface area contributed by atoms with Gasteiger partial charge in [0.2, 0.25) is 5.95 Å². The van der Waals surface area contributed by atoms with Crippen LogP contribution in [-0.4, -0.2) is 42.1 Å². The Balaban J connectivity index is 1.58. The maximum atomic E-state index is 9.53. The molecule has 0 saturated carbocycles. The molecule has 0 aliphatic carbocycles. The number of hydrogen-bond donors (Lipinski definition) is 3.